The first-order valence-corrected chi connectivity index (χ1v) is 6.39. The smallest absolute Gasteiger partial charge is 0.165 e. The number of aliphatic hydroxyl groups is 2. The van der Waals surface area contributed by atoms with E-state index in [0.29, 0.717) is 29.3 Å². The van der Waals surface area contributed by atoms with Crippen LogP contribution in [0.2, 0.25) is 0 Å². The monoisotopic (exact) mass is 261 g/mol. The number of hydrogen-bond donors (Lipinski definition) is 3. The maximum Gasteiger partial charge on any atom is 0.165 e. The van der Waals surface area contributed by atoms with E-state index in [4.69, 9.17) is 5.73 Å². The summed E-state index contributed by atoms with van der Waals surface area (Å²) in [5.41, 5.74) is 6.77. The molecule has 0 saturated heterocycles. The zero-order valence-corrected chi connectivity index (χ0v) is 10.3. The molecule has 0 aromatic carbocycles. The number of nitrogens with zero attached hydrogens (tertiary/aromatic N) is 4. The fourth-order valence-electron chi connectivity index (χ4n) is 3.59. The minimum Gasteiger partial charge on any atom is -0.396 e. The Bertz CT molecular complexity index is 657. The van der Waals surface area contributed by atoms with Crippen LogP contribution in [0.5, 0.6) is 0 Å². The average molecular weight is 261 g/mol. The summed E-state index contributed by atoms with van der Waals surface area (Å²) in [6, 6.07) is 0.126. The Morgan fingerprint density at radius 2 is 2.26 bits per heavy atom. The van der Waals surface area contributed by atoms with E-state index >= 15 is 0 Å². The highest BCUT2D eigenvalue weighted by molar-refractivity contribution is 5.81. The Balaban J connectivity index is 1.79. The lowest BCUT2D eigenvalue weighted by molar-refractivity contribution is 0.0600. The fraction of sp³-hybridized carbons (Fsp3) is 0.583. The molecule has 0 radical (unpaired) electrons. The quantitative estimate of drug-likeness (QED) is 0.685. The minimum absolute atomic E-state index is 0.0408. The third-order valence-electron chi connectivity index (χ3n) is 4.81. The molecule has 4 rings (SSSR count). The van der Waals surface area contributed by atoms with E-state index in [2.05, 4.69) is 15.0 Å². The van der Waals surface area contributed by atoms with E-state index in [-0.39, 0.29) is 18.1 Å². The summed E-state index contributed by atoms with van der Waals surface area (Å²) in [5.74, 6) is 0.660. The Morgan fingerprint density at radius 3 is 2.95 bits per heavy atom. The van der Waals surface area contributed by atoms with E-state index in [1.807, 2.05) is 4.57 Å². The fourth-order valence-corrected chi connectivity index (χ4v) is 3.59. The number of nitrogens with two attached hydrogens (primary N) is 1. The lowest BCUT2D eigenvalue weighted by Gasteiger charge is -2.16. The van der Waals surface area contributed by atoms with Crippen molar-refractivity contribution in [1.29, 1.82) is 0 Å². The molecular formula is C12H15N5O2. The van der Waals surface area contributed by atoms with Gasteiger partial charge in [-0.05, 0) is 18.8 Å². The molecule has 2 fully saturated rings. The second-order valence-corrected chi connectivity index (χ2v) is 5.60. The summed E-state index contributed by atoms with van der Waals surface area (Å²) >= 11 is 0. The van der Waals surface area contributed by atoms with Crippen LogP contribution in [0.1, 0.15) is 18.9 Å². The van der Waals surface area contributed by atoms with Crippen LogP contribution in [0.3, 0.4) is 0 Å². The maximum atomic E-state index is 10.1. The van der Waals surface area contributed by atoms with Gasteiger partial charge in [0.2, 0.25) is 0 Å². The summed E-state index contributed by atoms with van der Waals surface area (Å²) in [6.45, 7) is 0.0408. The first-order valence-electron chi connectivity index (χ1n) is 6.39. The Morgan fingerprint density at radius 1 is 1.42 bits per heavy atom. The van der Waals surface area contributed by atoms with Gasteiger partial charge in [-0.1, -0.05) is 0 Å². The summed E-state index contributed by atoms with van der Waals surface area (Å²) in [5, 5.41) is 19.6. The number of hydrogen-bond acceptors (Lipinski definition) is 6. The second-order valence-electron chi connectivity index (χ2n) is 5.60. The largest absolute Gasteiger partial charge is 0.396 e. The standard InChI is InChI=1S/C12H15N5O2/c13-10-9-11(15-4-14-10)17(5-16-9)7-1-8(19)12(3-18)2-6(7)12/h4-8,18-19H,1-3H2,(H2,13,14,15)/t6-,7?,8-,12-/m0/s1. The van der Waals surface area contributed by atoms with Crippen molar-refractivity contribution in [3.8, 4) is 0 Å². The molecule has 19 heavy (non-hydrogen) atoms. The van der Waals surface area contributed by atoms with Crippen molar-refractivity contribution in [2.75, 3.05) is 12.3 Å². The number of aromatic nitrogens is 4. The molecule has 2 saturated carbocycles. The lowest BCUT2D eigenvalue weighted by Crippen LogP contribution is -2.22. The molecule has 2 heterocycles. The van der Waals surface area contributed by atoms with Gasteiger partial charge >= 0.3 is 0 Å². The number of imidazole rings is 1. The molecular weight excluding hydrogens is 246 g/mol. The third kappa shape index (κ3) is 1.26. The van der Waals surface area contributed by atoms with Gasteiger partial charge in [0.25, 0.3) is 0 Å². The van der Waals surface area contributed by atoms with Crippen molar-refractivity contribution in [2.45, 2.75) is 25.0 Å². The second kappa shape index (κ2) is 3.43. The van der Waals surface area contributed by atoms with Crippen LogP contribution >= 0.6 is 0 Å². The Kier molecular flexibility index (Phi) is 2.01. The summed E-state index contributed by atoms with van der Waals surface area (Å²) in [6.07, 6.45) is 4.16. The van der Waals surface area contributed by atoms with Crippen LogP contribution in [0.15, 0.2) is 12.7 Å². The van der Waals surface area contributed by atoms with E-state index < -0.39 is 6.10 Å². The van der Waals surface area contributed by atoms with Crippen LogP contribution in [0, 0.1) is 11.3 Å². The molecule has 1 unspecified atom stereocenters. The van der Waals surface area contributed by atoms with Gasteiger partial charge in [-0.2, -0.15) is 0 Å². The molecule has 7 nitrogen and oxygen atoms in total. The number of aliphatic hydroxyl groups excluding tert-OH is 2. The van der Waals surface area contributed by atoms with E-state index in [9.17, 15) is 10.2 Å². The molecule has 2 aliphatic carbocycles. The lowest BCUT2D eigenvalue weighted by atomic mass is 10.0. The SMILES string of the molecule is Nc1ncnc2c1ncn2C1C[C@H](O)[C@]2(CO)C[C@@H]12. The summed E-state index contributed by atoms with van der Waals surface area (Å²) in [4.78, 5) is 12.4. The zero-order chi connectivity index (χ0) is 13.2. The highest BCUT2D eigenvalue weighted by Crippen LogP contribution is 2.67. The molecule has 2 aromatic rings. The molecule has 7 heteroatoms. The van der Waals surface area contributed by atoms with Crippen molar-refractivity contribution in [1.82, 2.24) is 19.5 Å². The van der Waals surface area contributed by atoms with Crippen molar-refractivity contribution in [3.63, 3.8) is 0 Å². The summed E-state index contributed by atoms with van der Waals surface area (Å²) < 4.78 is 1.96. The zero-order valence-electron chi connectivity index (χ0n) is 10.3. The van der Waals surface area contributed by atoms with E-state index in [1.165, 1.54) is 6.33 Å². The van der Waals surface area contributed by atoms with Gasteiger partial charge in [0.05, 0.1) is 19.0 Å². The van der Waals surface area contributed by atoms with Crippen LogP contribution in [-0.4, -0.2) is 42.4 Å². The van der Waals surface area contributed by atoms with Crippen LogP contribution in [0.25, 0.3) is 11.2 Å². The van der Waals surface area contributed by atoms with Crippen LogP contribution in [-0.2, 0) is 0 Å². The van der Waals surface area contributed by atoms with Gasteiger partial charge < -0.3 is 20.5 Å². The maximum absolute atomic E-state index is 10.1. The normalized spacial score (nSPS) is 36.6. The molecule has 0 aliphatic heterocycles. The predicted molar refractivity (Wildman–Crippen MR) is 67.0 cm³/mol. The van der Waals surface area contributed by atoms with Crippen molar-refractivity contribution < 1.29 is 10.2 Å². The molecule has 0 spiro atoms. The average Bonchev–Trinajstić information content (AvgIpc) is 2.89. The van der Waals surface area contributed by atoms with Crippen molar-refractivity contribution in [3.05, 3.63) is 12.7 Å². The highest BCUT2D eigenvalue weighted by atomic mass is 16.3. The molecule has 4 N–H and O–H groups in total. The number of fused-ring (bicyclic) bond motifs is 2. The Hall–Kier alpha value is -1.73. The Labute approximate surface area is 109 Å². The summed E-state index contributed by atoms with van der Waals surface area (Å²) in [7, 11) is 0. The van der Waals surface area contributed by atoms with Crippen molar-refractivity contribution in [2.24, 2.45) is 11.3 Å². The number of nitrogen functional groups attached to an aromatic ring is 1. The predicted octanol–water partition coefficient (Wildman–Crippen LogP) is -0.287. The van der Waals surface area contributed by atoms with Crippen molar-refractivity contribution >= 4 is 17.0 Å². The van der Waals surface area contributed by atoms with Gasteiger partial charge in [-0.25, -0.2) is 15.0 Å². The van der Waals surface area contributed by atoms with E-state index in [1.54, 1.807) is 6.33 Å². The molecule has 0 bridgehead atoms. The topological polar surface area (TPSA) is 110 Å². The number of rotatable bonds is 2. The van der Waals surface area contributed by atoms with Gasteiger partial charge in [-0.15, -0.1) is 0 Å². The molecule has 0 amide bonds. The van der Waals surface area contributed by atoms with Gasteiger partial charge in [-0.3, -0.25) is 0 Å². The van der Waals surface area contributed by atoms with Crippen LogP contribution in [0.4, 0.5) is 5.82 Å². The van der Waals surface area contributed by atoms with Gasteiger partial charge in [0, 0.05) is 11.5 Å². The molecule has 2 aromatic heterocycles. The minimum atomic E-state index is -0.455. The molecule has 100 valence electrons. The first kappa shape index (κ1) is 11.1. The number of anilines is 1. The first-order chi connectivity index (χ1) is 9.17. The van der Waals surface area contributed by atoms with Gasteiger partial charge in [0.15, 0.2) is 11.5 Å². The molecule has 4 atom stereocenters. The third-order valence-corrected chi connectivity index (χ3v) is 4.81. The molecule has 2 aliphatic rings. The highest BCUT2D eigenvalue weighted by Gasteiger charge is 2.67. The van der Waals surface area contributed by atoms with E-state index in [0.717, 1.165) is 6.42 Å². The van der Waals surface area contributed by atoms with Crippen LogP contribution < -0.4 is 5.73 Å². The van der Waals surface area contributed by atoms with Gasteiger partial charge in [0.1, 0.15) is 11.8 Å².